The van der Waals surface area contributed by atoms with E-state index in [1.807, 2.05) is 34.7 Å². The molecule has 0 heterocycles. The summed E-state index contributed by atoms with van der Waals surface area (Å²) in [6.07, 6.45) is 0. The molecule has 0 fully saturated rings. The van der Waals surface area contributed by atoms with E-state index in [0.717, 1.165) is 0 Å². The molecule has 0 unspecified atom stereocenters. The van der Waals surface area contributed by atoms with Gasteiger partial charge in [-0.1, -0.05) is 22.6 Å². The third-order valence-corrected chi connectivity index (χ3v) is 3.63. The Morgan fingerprint density at radius 1 is 1.00 bits per heavy atom. The first-order valence-corrected chi connectivity index (χ1v) is 6.76. The molecule has 1 aliphatic rings. The van der Waals surface area contributed by atoms with Gasteiger partial charge in [-0.05, 0) is 21.8 Å². The Kier molecular flexibility index (Phi) is 3.85. The third kappa shape index (κ3) is 2.09. The molecular formula is C15H3IN4O. The van der Waals surface area contributed by atoms with Gasteiger partial charge in [0.25, 0.3) is 0 Å². The lowest BCUT2D eigenvalue weighted by atomic mass is 9.97. The van der Waals surface area contributed by atoms with Crippen molar-refractivity contribution in [3.8, 4) is 24.3 Å². The number of hydrogen-bond donors (Lipinski definition) is 0. The van der Waals surface area contributed by atoms with E-state index < -0.39 is 0 Å². The monoisotopic (exact) mass is 382 g/mol. The lowest BCUT2D eigenvalue weighted by molar-refractivity contribution is 0.104. The van der Waals surface area contributed by atoms with Crippen molar-refractivity contribution in [2.45, 2.75) is 0 Å². The number of ketones is 1. The van der Waals surface area contributed by atoms with Gasteiger partial charge in [0.15, 0.2) is 5.78 Å². The van der Waals surface area contributed by atoms with E-state index in [0.29, 0.717) is 5.56 Å². The average molecular weight is 382 g/mol. The van der Waals surface area contributed by atoms with Crippen LogP contribution in [0.15, 0.2) is 27.4 Å². The topological polar surface area (TPSA) is 112 Å². The van der Waals surface area contributed by atoms with Gasteiger partial charge < -0.3 is 0 Å². The molecule has 0 saturated carbocycles. The Morgan fingerprint density at radius 2 is 1.52 bits per heavy atom. The average Bonchev–Trinajstić information content (AvgIpc) is 2.79. The number of benzene rings is 1. The molecule has 0 aromatic heterocycles. The number of Topliss-reactive ketones (excluding diaryl/α,β-unsaturated/α-hetero) is 1. The minimum absolute atomic E-state index is 0.0918. The van der Waals surface area contributed by atoms with Gasteiger partial charge in [0.1, 0.15) is 29.8 Å². The highest BCUT2D eigenvalue weighted by molar-refractivity contribution is 14.1. The number of nitrogens with zero attached hydrogens (tertiary/aromatic N) is 4. The minimum atomic E-state index is -0.363. The number of carbonyl (C=O) groups excluding carboxylic acids is 1. The van der Waals surface area contributed by atoms with Crippen LogP contribution < -0.4 is 0 Å². The number of allylic oxidation sites excluding steroid dienone is 3. The molecule has 0 atom stereocenters. The maximum absolute atomic E-state index is 12.3. The van der Waals surface area contributed by atoms with Gasteiger partial charge in [-0.2, -0.15) is 21.0 Å². The Hall–Kier alpha value is -2.94. The molecule has 0 N–H and O–H groups in total. The quantitative estimate of drug-likeness (QED) is 0.389. The second kappa shape index (κ2) is 5.59. The van der Waals surface area contributed by atoms with Gasteiger partial charge in [0.05, 0.1) is 11.1 Å². The highest BCUT2D eigenvalue weighted by Crippen LogP contribution is 2.40. The van der Waals surface area contributed by atoms with Crippen molar-refractivity contribution in [1.29, 1.82) is 21.0 Å². The van der Waals surface area contributed by atoms with Crippen LogP contribution in [0.3, 0.4) is 0 Å². The van der Waals surface area contributed by atoms with Crippen molar-refractivity contribution in [3.63, 3.8) is 0 Å². The molecule has 96 valence electrons. The molecule has 5 nitrogen and oxygen atoms in total. The maximum Gasteiger partial charge on any atom is 0.194 e. The van der Waals surface area contributed by atoms with Crippen LogP contribution in [0.25, 0.3) is 5.57 Å². The molecule has 0 spiro atoms. The Labute approximate surface area is 133 Å². The predicted octanol–water partition coefficient (Wildman–Crippen LogP) is 2.75. The molecule has 6 heteroatoms. The minimum Gasteiger partial charge on any atom is -0.289 e. The molecule has 2 rings (SSSR count). The number of halogens is 1. The van der Waals surface area contributed by atoms with Crippen molar-refractivity contribution in [2.75, 3.05) is 0 Å². The zero-order chi connectivity index (χ0) is 15.6. The number of hydrogen-bond acceptors (Lipinski definition) is 5. The van der Waals surface area contributed by atoms with Crippen LogP contribution in [-0.4, -0.2) is 5.78 Å². The second-order valence-electron chi connectivity index (χ2n) is 3.99. The summed E-state index contributed by atoms with van der Waals surface area (Å²) < 4.78 is 1.49. The molecule has 1 aromatic rings. The summed E-state index contributed by atoms with van der Waals surface area (Å²) in [6, 6.07) is 9.96. The fourth-order valence-electron chi connectivity index (χ4n) is 2.09. The van der Waals surface area contributed by atoms with Crippen molar-refractivity contribution >= 4 is 33.9 Å². The van der Waals surface area contributed by atoms with Crippen molar-refractivity contribution < 1.29 is 4.79 Å². The van der Waals surface area contributed by atoms with E-state index in [2.05, 4.69) is 0 Å². The summed E-state index contributed by atoms with van der Waals surface area (Å²) in [5.74, 6) is -0.363. The van der Waals surface area contributed by atoms with E-state index in [1.54, 1.807) is 12.1 Å². The maximum atomic E-state index is 12.3. The summed E-state index contributed by atoms with van der Waals surface area (Å²) in [7, 11) is 0. The molecule has 0 radical (unpaired) electrons. The zero-order valence-electron chi connectivity index (χ0n) is 10.3. The predicted molar refractivity (Wildman–Crippen MR) is 80.5 cm³/mol. The molecule has 1 aromatic carbocycles. The summed E-state index contributed by atoms with van der Waals surface area (Å²) >= 11 is 1.85. The van der Waals surface area contributed by atoms with Crippen molar-refractivity contribution in [1.82, 2.24) is 0 Å². The third-order valence-electron chi connectivity index (χ3n) is 3.01. The second-order valence-corrected chi connectivity index (χ2v) is 4.62. The lowest BCUT2D eigenvalue weighted by Crippen LogP contribution is -1.96. The highest BCUT2D eigenvalue weighted by atomic mass is 127. The van der Waals surface area contributed by atoms with E-state index in [4.69, 9.17) is 21.0 Å². The first-order valence-electron chi connectivity index (χ1n) is 5.51. The van der Waals surface area contributed by atoms with Crippen LogP contribution in [0.1, 0.15) is 27.0 Å². The fraction of sp³-hybridized carbons (Fsp3) is 0. The van der Waals surface area contributed by atoms with Gasteiger partial charge in [0, 0.05) is 16.7 Å². The van der Waals surface area contributed by atoms with E-state index in [-0.39, 0.29) is 39.2 Å². The molecule has 0 amide bonds. The molecule has 0 bridgehead atoms. The molecule has 21 heavy (non-hydrogen) atoms. The molecule has 1 aliphatic carbocycles. The van der Waals surface area contributed by atoms with Crippen LogP contribution in [-0.2, 0) is 0 Å². The van der Waals surface area contributed by atoms with E-state index >= 15 is 0 Å². The number of fused-ring (bicyclic) bond motifs is 1. The van der Waals surface area contributed by atoms with Crippen LogP contribution in [0.2, 0.25) is 0 Å². The number of nitriles is 4. The zero-order valence-corrected chi connectivity index (χ0v) is 12.5. The van der Waals surface area contributed by atoms with Gasteiger partial charge in [-0.25, -0.2) is 0 Å². The van der Waals surface area contributed by atoms with Gasteiger partial charge in [-0.15, -0.1) is 0 Å². The van der Waals surface area contributed by atoms with Crippen LogP contribution in [0, 0.1) is 45.3 Å². The van der Waals surface area contributed by atoms with Crippen LogP contribution in [0.4, 0.5) is 0 Å². The SMILES string of the molecule is N#CC(C#N)=C1/C(=C\I)C(=O)c2cc(C#N)c(C#N)cc21. The largest absolute Gasteiger partial charge is 0.289 e. The Balaban J connectivity index is 2.97. The smallest absolute Gasteiger partial charge is 0.194 e. The normalized spacial score (nSPS) is 13.9. The first-order chi connectivity index (χ1) is 10.1. The van der Waals surface area contributed by atoms with E-state index in [1.165, 1.54) is 16.2 Å². The summed E-state index contributed by atoms with van der Waals surface area (Å²) in [6.45, 7) is 0. The highest BCUT2D eigenvalue weighted by Gasteiger charge is 2.33. The van der Waals surface area contributed by atoms with Crippen LogP contribution >= 0.6 is 22.6 Å². The molecule has 0 saturated heterocycles. The molecule has 0 aliphatic heterocycles. The van der Waals surface area contributed by atoms with Crippen LogP contribution in [0.5, 0.6) is 0 Å². The summed E-state index contributed by atoms with van der Waals surface area (Å²) in [4.78, 5) is 12.3. The molecular weight excluding hydrogens is 379 g/mol. The van der Waals surface area contributed by atoms with Crippen molar-refractivity contribution in [2.24, 2.45) is 0 Å². The van der Waals surface area contributed by atoms with Gasteiger partial charge in [0.2, 0.25) is 0 Å². The van der Waals surface area contributed by atoms with E-state index in [9.17, 15) is 4.79 Å². The summed E-state index contributed by atoms with van der Waals surface area (Å²) in [5, 5.41) is 36.2. The lowest BCUT2D eigenvalue weighted by Gasteiger charge is -2.02. The Morgan fingerprint density at radius 3 is 1.95 bits per heavy atom. The summed E-state index contributed by atoms with van der Waals surface area (Å²) in [5.41, 5.74) is 1.01. The van der Waals surface area contributed by atoms with Gasteiger partial charge in [-0.3, -0.25) is 4.79 Å². The first kappa shape index (κ1) is 14.5. The standard InChI is InChI=1S/C15H3IN4O/c16-3-13-14(10(6-19)7-20)11-1-8(4-17)9(5-18)2-12(11)15(13)21/h1-3H/b13-3+. The number of rotatable bonds is 0. The number of carbonyl (C=O) groups is 1. The fourth-order valence-corrected chi connectivity index (χ4v) is 2.69. The van der Waals surface area contributed by atoms with Gasteiger partial charge >= 0.3 is 0 Å². The van der Waals surface area contributed by atoms with Crippen molar-refractivity contribution in [3.05, 3.63) is 49.6 Å². The Bertz CT molecular complexity index is 895.